The minimum atomic E-state index is -1.32. The smallest absolute Gasteiger partial charge is 0.258 e. The highest BCUT2D eigenvalue weighted by Crippen LogP contribution is 2.56. The van der Waals surface area contributed by atoms with E-state index in [4.69, 9.17) is 0 Å². The van der Waals surface area contributed by atoms with E-state index in [1.807, 2.05) is 23.2 Å². The minimum Gasteiger partial charge on any atom is -0.285 e. The average molecular weight is 472 g/mol. The van der Waals surface area contributed by atoms with Crippen LogP contribution in [0.4, 0.5) is 4.39 Å². The van der Waals surface area contributed by atoms with Gasteiger partial charge in [-0.25, -0.2) is 9.40 Å². The molecule has 0 aromatic heterocycles. The molecule has 0 radical (unpaired) electrons. The van der Waals surface area contributed by atoms with Gasteiger partial charge >= 0.3 is 0 Å². The Morgan fingerprint density at radius 1 is 1.20 bits per heavy atom. The fraction of sp³-hybridized carbons (Fsp3) is 0.421. The average Bonchev–Trinajstić information content (AvgIpc) is 3.27. The molecule has 2 unspecified atom stereocenters. The van der Waals surface area contributed by atoms with Crippen LogP contribution in [0.2, 0.25) is 0 Å². The van der Waals surface area contributed by atoms with Crippen LogP contribution in [0.15, 0.2) is 51.4 Å². The quantitative estimate of drug-likeness (QED) is 0.482. The van der Waals surface area contributed by atoms with Crippen molar-refractivity contribution in [1.29, 1.82) is 0 Å². The van der Waals surface area contributed by atoms with Gasteiger partial charge in [0.2, 0.25) is 0 Å². The van der Waals surface area contributed by atoms with Gasteiger partial charge in [0.15, 0.2) is 0 Å². The van der Waals surface area contributed by atoms with Crippen LogP contribution >= 0.6 is 31.9 Å². The van der Waals surface area contributed by atoms with Gasteiger partial charge in [0, 0.05) is 34.0 Å². The van der Waals surface area contributed by atoms with Crippen LogP contribution in [0.25, 0.3) is 0 Å². The molecule has 1 heterocycles. The summed E-state index contributed by atoms with van der Waals surface area (Å²) in [4.78, 5) is 11.8. The number of rotatable bonds is 5. The summed E-state index contributed by atoms with van der Waals surface area (Å²) in [5.41, 5.74) is 2.51. The summed E-state index contributed by atoms with van der Waals surface area (Å²) in [5, 5.41) is 1.94. The third-order valence-corrected chi connectivity index (χ3v) is 6.52. The number of nitrogens with one attached hydrogen (secondary N) is 1. The third-order valence-electron chi connectivity index (χ3n) is 4.64. The lowest BCUT2D eigenvalue weighted by atomic mass is 10.1. The van der Waals surface area contributed by atoms with Gasteiger partial charge in [-0.3, -0.25) is 10.2 Å². The fourth-order valence-electron chi connectivity index (χ4n) is 3.12. The van der Waals surface area contributed by atoms with E-state index >= 15 is 0 Å². The Morgan fingerprint density at radius 3 is 2.68 bits per heavy atom. The number of carbonyl (C=O) groups is 1. The first kappa shape index (κ1) is 18.8. The first-order chi connectivity index (χ1) is 12.0. The standard InChI is InChI=1S/C19H21Br2FN2O/c20-16-8-7-14(12-17(16)21)15-13-19(15,22)9-3-2-6-18(25)23-24-10-4-1-5-11-24/h2-3,6-9,12,15H,1,4-5,10-11,13H2,(H,23,25)/b6-2+,9-3+. The van der Waals surface area contributed by atoms with Crippen molar-refractivity contribution >= 4 is 37.8 Å². The molecule has 0 spiro atoms. The van der Waals surface area contributed by atoms with Gasteiger partial charge in [0.1, 0.15) is 5.67 Å². The molecule has 3 nitrogen and oxygen atoms in total. The van der Waals surface area contributed by atoms with E-state index in [1.54, 1.807) is 18.2 Å². The fourth-order valence-corrected chi connectivity index (χ4v) is 3.76. The first-order valence-electron chi connectivity index (χ1n) is 8.53. The highest BCUT2D eigenvalue weighted by atomic mass is 79.9. The van der Waals surface area contributed by atoms with Gasteiger partial charge in [-0.2, -0.15) is 0 Å². The number of alkyl halides is 1. The highest BCUT2D eigenvalue weighted by Gasteiger charge is 2.54. The molecule has 0 bridgehead atoms. The summed E-state index contributed by atoms with van der Waals surface area (Å²) in [6.07, 6.45) is 10.2. The van der Waals surface area contributed by atoms with Crippen molar-refractivity contribution in [1.82, 2.24) is 10.4 Å². The molecule has 1 saturated carbocycles. The van der Waals surface area contributed by atoms with Gasteiger partial charge in [-0.05, 0) is 74.9 Å². The molecule has 1 saturated heterocycles. The van der Waals surface area contributed by atoms with Crippen molar-refractivity contribution < 1.29 is 9.18 Å². The predicted octanol–water partition coefficient (Wildman–Crippen LogP) is 5.04. The van der Waals surface area contributed by atoms with E-state index in [-0.39, 0.29) is 11.8 Å². The second-order valence-corrected chi connectivity index (χ2v) is 8.31. The predicted molar refractivity (Wildman–Crippen MR) is 105 cm³/mol. The number of hydrogen-bond acceptors (Lipinski definition) is 2. The molecular formula is C19H21Br2FN2O. The van der Waals surface area contributed by atoms with Gasteiger partial charge in [0.05, 0.1) is 0 Å². The van der Waals surface area contributed by atoms with Gasteiger partial charge < -0.3 is 0 Å². The van der Waals surface area contributed by atoms with E-state index in [9.17, 15) is 9.18 Å². The number of benzene rings is 1. The van der Waals surface area contributed by atoms with Crippen molar-refractivity contribution in [2.45, 2.75) is 37.3 Å². The maximum atomic E-state index is 14.7. The van der Waals surface area contributed by atoms with Crippen molar-refractivity contribution in [3.63, 3.8) is 0 Å². The largest absolute Gasteiger partial charge is 0.285 e. The van der Waals surface area contributed by atoms with Crippen molar-refractivity contribution in [3.8, 4) is 0 Å². The topological polar surface area (TPSA) is 32.3 Å². The van der Waals surface area contributed by atoms with Crippen LogP contribution < -0.4 is 5.43 Å². The van der Waals surface area contributed by atoms with E-state index in [2.05, 4.69) is 37.3 Å². The molecule has 25 heavy (non-hydrogen) atoms. The number of hydrazine groups is 1. The van der Waals surface area contributed by atoms with Crippen LogP contribution in [0.3, 0.4) is 0 Å². The molecule has 3 rings (SSSR count). The Kier molecular flexibility index (Phi) is 6.12. The number of nitrogens with zero attached hydrogens (tertiary/aromatic N) is 1. The summed E-state index contributed by atoms with van der Waals surface area (Å²) >= 11 is 6.88. The normalized spacial score (nSPS) is 27.1. The van der Waals surface area contributed by atoms with Crippen molar-refractivity contribution in [3.05, 3.63) is 57.0 Å². The van der Waals surface area contributed by atoms with Crippen molar-refractivity contribution in [2.75, 3.05) is 13.1 Å². The number of amides is 1. The Balaban J connectivity index is 1.50. The Hall–Kier alpha value is -0.980. The Morgan fingerprint density at radius 2 is 1.96 bits per heavy atom. The SMILES string of the molecule is O=C(/C=C/C=C/C1(F)CC1c1ccc(Br)c(Br)c1)NN1CCCCC1. The van der Waals surface area contributed by atoms with Gasteiger partial charge in [-0.15, -0.1) is 0 Å². The van der Waals surface area contributed by atoms with E-state index in [0.717, 1.165) is 40.4 Å². The molecule has 1 aromatic carbocycles. The number of carbonyl (C=O) groups excluding carboxylic acids is 1. The maximum absolute atomic E-state index is 14.7. The van der Waals surface area contributed by atoms with Gasteiger partial charge in [-0.1, -0.05) is 24.6 Å². The number of hydrogen-bond donors (Lipinski definition) is 1. The third kappa shape index (κ3) is 5.02. The van der Waals surface area contributed by atoms with Gasteiger partial charge in [0.25, 0.3) is 5.91 Å². The zero-order chi connectivity index (χ0) is 17.9. The zero-order valence-corrected chi connectivity index (χ0v) is 17.0. The summed E-state index contributed by atoms with van der Waals surface area (Å²) < 4.78 is 16.6. The molecular weight excluding hydrogens is 451 g/mol. The Bertz CT molecular complexity index is 701. The highest BCUT2D eigenvalue weighted by molar-refractivity contribution is 9.13. The molecule has 1 amide bonds. The van der Waals surface area contributed by atoms with Crippen LogP contribution in [0, 0.1) is 0 Å². The van der Waals surface area contributed by atoms with Crippen LogP contribution in [-0.2, 0) is 4.79 Å². The molecule has 134 valence electrons. The lowest BCUT2D eigenvalue weighted by Crippen LogP contribution is -2.44. The number of piperidine rings is 1. The second kappa shape index (κ2) is 8.14. The van der Waals surface area contributed by atoms with Crippen LogP contribution in [0.5, 0.6) is 0 Å². The van der Waals surface area contributed by atoms with E-state index in [0.29, 0.717) is 6.42 Å². The molecule has 6 heteroatoms. The number of halogens is 3. The van der Waals surface area contributed by atoms with Crippen LogP contribution in [0.1, 0.15) is 37.2 Å². The maximum Gasteiger partial charge on any atom is 0.258 e. The molecule has 2 aliphatic rings. The van der Waals surface area contributed by atoms with Crippen molar-refractivity contribution in [2.24, 2.45) is 0 Å². The molecule has 2 atom stereocenters. The molecule has 2 fully saturated rings. The molecule has 1 N–H and O–H groups in total. The molecule has 1 aliphatic carbocycles. The minimum absolute atomic E-state index is 0.122. The monoisotopic (exact) mass is 470 g/mol. The number of allylic oxidation sites excluding steroid dienone is 3. The Labute approximate surface area is 164 Å². The van der Waals surface area contributed by atoms with E-state index < -0.39 is 5.67 Å². The first-order valence-corrected chi connectivity index (χ1v) is 10.1. The molecule has 1 aliphatic heterocycles. The summed E-state index contributed by atoms with van der Waals surface area (Å²) in [5.74, 6) is -0.285. The zero-order valence-electron chi connectivity index (χ0n) is 13.9. The summed E-state index contributed by atoms with van der Waals surface area (Å²) in [6.45, 7) is 1.79. The second-order valence-electron chi connectivity index (χ2n) is 6.60. The lowest BCUT2D eigenvalue weighted by Gasteiger charge is -2.26. The molecule has 1 aromatic rings. The lowest BCUT2D eigenvalue weighted by molar-refractivity contribution is -0.121. The summed E-state index contributed by atoms with van der Waals surface area (Å²) in [7, 11) is 0. The summed E-state index contributed by atoms with van der Waals surface area (Å²) in [6, 6.07) is 5.81. The van der Waals surface area contributed by atoms with Crippen LogP contribution in [-0.4, -0.2) is 29.7 Å². The van der Waals surface area contributed by atoms with E-state index in [1.165, 1.54) is 12.5 Å².